The summed E-state index contributed by atoms with van der Waals surface area (Å²) in [6.45, 7) is 3.36. The molecule has 2 aromatic heterocycles. The van der Waals surface area contributed by atoms with Gasteiger partial charge in [0.1, 0.15) is 5.82 Å². The monoisotopic (exact) mass is 385 g/mol. The lowest BCUT2D eigenvalue weighted by Gasteiger charge is -2.18. The third kappa shape index (κ3) is 4.07. The van der Waals surface area contributed by atoms with E-state index in [0.717, 1.165) is 23.6 Å². The van der Waals surface area contributed by atoms with Crippen LogP contribution in [-0.2, 0) is 0 Å². The summed E-state index contributed by atoms with van der Waals surface area (Å²) < 4.78 is 3.76. The minimum Gasteiger partial charge on any atom is -0.339 e. The fraction of sp³-hybridized carbons (Fsp3) is 0.300. The van der Waals surface area contributed by atoms with Crippen LogP contribution in [0.4, 0.5) is 0 Å². The van der Waals surface area contributed by atoms with E-state index in [4.69, 9.17) is 11.6 Å². The van der Waals surface area contributed by atoms with E-state index in [1.165, 1.54) is 0 Å². The number of amides is 1. The van der Waals surface area contributed by atoms with E-state index in [1.807, 2.05) is 86.3 Å². The predicted molar refractivity (Wildman–Crippen MR) is 108 cm³/mol. The van der Waals surface area contributed by atoms with Gasteiger partial charge in [0, 0.05) is 43.1 Å². The van der Waals surface area contributed by atoms with E-state index in [9.17, 15) is 4.79 Å². The summed E-state index contributed by atoms with van der Waals surface area (Å²) in [5.74, 6) is 0.752. The quantitative estimate of drug-likeness (QED) is 0.654. The van der Waals surface area contributed by atoms with Crippen molar-refractivity contribution in [2.24, 2.45) is 0 Å². The van der Waals surface area contributed by atoms with Crippen LogP contribution in [0, 0.1) is 6.92 Å². The Bertz CT molecular complexity index is 913. The molecule has 0 atom stereocenters. The second-order valence-corrected chi connectivity index (χ2v) is 7.24. The van der Waals surface area contributed by atoms with Gasteiger partial charge in [-0.2, -0.15) is 5.10 Å². The zero-order chi connectivity index (χ0) is 19.6. The van der Waals surface area contributed by atoms with Crippen molar-refractivity contribution in [3.05, 3.63) is 65.1 Å². The summed E-state index contributed by atoms with van der Waals surface area (Å²) in [7, 11) is 5.79. The summed E-state index contributed by atoms with van der Waals surface area (Å²) in [4.78, 5) is 16.8. The highest BCUT2D eigenvalue weighted by molar-refractivity contribution is 6.30. The van der Waals surface area contributed by atoms with Gasteiger partial charge in [0.25, 0.3) is 5.91 Å². The number of likely N-dealkylation sites (N-methyl/N-ethyl adjacent to an activating group) is 2. The first-order chi connectivity index (χ1) is 12.9. The third-order valence-corrected chi connectivity index (χ3v) is 4.70. The highest BCUT2D eigenvalue weighted by Crippen LogP contribution is 2.24. The highest BCUT2D eigenvalue weighted by atomic mass is 35.5. The maximum Gasteiger partial charge on any atom is 0.274 e. The molecule has 1 aromatic carbocycles. The van der Waals surface area contributed by atoms with Gasteiger partial charge < -0.3 is 14.4 Å². The molecule has 0 unspecified atom stereocenters. The van der Waals surface area contributed by atoms with E-state index in [-0.39, 0.29) is 5.91 Å². The molecule has 27 heavy (non-hydrogen) atoms. The van der Waals surface area contributed by atoms with E-state index in [0.29, 0.717) is 17.3 Å². The SMILES string of the molecule is Cc1c(C(=O)N(C)CCN(C)C)nn(-c2ccc(Cl)cc2)c1-n1cccc1. The van der Waals surface area contributed by atoms with E-state index >= 15 is 0 Å². The number of carbonyl (C=O) groups excluding carboxylic acids is 1. The van der Waals surface area contributed by atoms with Crippen LogP contribution in [0.5, 0.6) is 0 Å². The van der Waals surface area contributed by atoms with Crippen LogP contribution < -0.4 is 0 Å². The number of nitrogens with zero attached hydrogens (tertiary/aromatic N) is 5. The van der Waals surface area contributed by atoms with Crippen LogP contribution in [0.25, 0.3) is 11.5 Å². The van der Waals surface area contributed by atoms with Crippen molar-refractivity contribution in [1.29, 1.82) is 0 Å². The normalized spacial score (nSPS) is 11.2. The fourth-order valence-corrected chi connectivity index (χ4v) is 2.99. The van der Waals surface area contributed by atoms with Gasteiger partial charge in [0.05, 0.1) is 5.69 Å². The summed E-state index contributed by atoms with van der Waals surface area (Å²) in [5, 5.41) is 5.32. The van der Waals surface area contributed by atoms with Crippen LogP contribution in [0.2, 0.25) is 5.02 Å². The molecule has 0 saturated carbocycles. The number of benzene rings is 1. The molecule has 6 nitrogen and oxygen atoms in total. The molecule has 3 aromatic rings. The first-order valence-corrected chi connectivity index (χ1v) is 9.15. The molecule has 0 aliphatic rings. The molecule has 2 heterocycles. The smallest absolute Gasteiger partial charge is 0.274 e. The molecule has 0 radical (unpaired) electrons. The number of hydrogen-bond acceptors (Lipinski definition) is 3. The molecule has 7 heteroatoms. The topological polar surface area (TPSA) is 46.3 Å². The van der Waals surface area contributed by atoms with Crippen LogP contribution in [0.15, 0.2) is 48.8 Å². The van der Waals surface area contributed by atoms with Crippen molar-refractivity contribution in [2.45, 2.75) is 6.92 Å². The van der Waals surface area contributed by atoms with Gasteiger partial charge in [-0.15, -0.1) is 0 Å². The van der Waals surface area contributed by atoms with Gasteiger partial charge in [0.15, 0.2) is 5.69 Å². The molecular weight excluding hydrogens is 362 g/mol. The Hall–Kier alpha value is -2.57. The number of hydrogen-bond donors (Lipinski definition) is 0. The molecule has 0 saturated heterocycles. The lowest BCUT2D eigenvalue weighted by atomic mass is 10.2. The molecule has 1 amide bonds. The lowest BCUT2D eigenvalue weighted by Crippen LogP contribution is -2.34. The van der Waals surface area contributed by atoms with Gasteiger partial charge in [0.2, 0.25) is 0 Å². The Morgan fingerprint density at radius 1 is 1.07 bits per heavy atom. The first-order valence-electron chi connectivity index (χ1n) is 8.77. The Kier molecular flexibility index (Phi) is 5.68. The summed E-state index contributed by atoms with van der Waals surface area (Å²) in [6.07, 6.45) is 3.89. The zero-order valence-electron chi connectivity index (χ0n) is 16.1. The zero-order valence-corrected chi connectivity index (χ0v) is 16.8. The van der Waals surface area contributed by atoms with Crippen molar-refractivity contribution in [3.8, 4) is 11.5 Å². The summed E-state index contributed by atoms with van der Waals surface area (Å²) >= 11 is 6.03. The molecule has 0 aliphatic heterocycles. The minimum atomic E-state index is -0.0875. The van der Waals surface area contributed by atoms with E-state index in [2.05, 4.69) is 5.10 Å². The third-order valence-electron chi connectivity index (χ3n) is 4.44. The summed E-state index contributed by atoms with van der Waals surface area (Å²) in [6, 6.07) is 11.3. The molecule has 142 valence electrons. The van der Waals surface area contributed by atoms with Gasteiger partial charge >= 0.3 is 0 Å². The van der Waals surface area contributed by atoms with Gasteiger partial charge in [-0.3, -0.25) is 4.79 Å². The molecular formula is C20H24ClN5O. The average Bonchev–Trinajstić information content (AvgIpc) is 3.27. The Morgan fingerprint density at radius 3 is 2.30 bits per heavy atom. The maximum atomic E-state index is 13.0. The van der Waals surface area contributed by atoms with Crippen molar-refractivity contribution >= 4 is 17.5 Å². The molecule has 0 N–H and O–H groups in total. The van der Waals surface area contributed by atoms with Crippen LogP contribution >= 0.6 is 11.6 Å². The average molecular weight is 386 g/mol. The van der Waals surface area contributed by atoms with E-state index in [1.54, 1.807) is 9.58 Å². The fourth-order valence-electron chi connectivity index (χ4n) is 2.86. The molecule has 0 fully saturated rings. The number of rotatable bonds is 6. The standard InChI is InChI=1S/C20H24ClN5O/c1-15-18(20(27)24(4)14-13-23(2)3)22-26(17-9-7-16(21)8-10-17)19(15)25-11-5-6-12-25/h5-12H,13-14H2,1-4H3. The second kappa shape index (κ2) is 7.98. The predicted octanol–water partition coefficient (Wildman–Crippen LogP) is 3.26. The molecule has 0 spiro atoms. The van der Waals surface area contributed by atoms with Gasteiger partial charge in [-0.1, -0.05) is 11.6 Å². The Balaban J connectivity index is 2.05. The van der Waals surface area contributed by atoms with Crippen molar-refractivity contribution < 1.29 is 4.79 Å². The van der Waals surface area contributed by atoms with Gasteiger partial charge in [-0.05, 0) is 57.4 Å². The Labute approximate surface area is 164 Å². The number of halogens is 1. The summed E-state index contributed by atoms with van der Waals surface area (Å²) in [5.41, 5.74) is 2.14. The lowest BCUT2D eigenvalue weighted by molar-refractivity contribution is 0.0779. The van der Waals surface area contributed by atoms with Crippen LogP contribution in [0.3, 0.4) is 0 Å². The second-order valence-electron chi connectivity index (χ2n) is 6.81. The van der Waals surface area contributed by atoms with Crippen LogP contribution in [-0.4, -0.2) is 64.3 Å². The number of aromatic nitrogens is 3. The largest absolute Gasteiger partial charge is 0.339 e. The first kappa shape index (κ1) is 19.2. The van der Waals surface area contributed by atoms with Crippen molar-refractivity contribution in [3.63, 3.8) is 0 Å². The highest BCUT2D eigenvalue weighted by Gasteiger charge is 2.24. The van der Waals surface area contributed by atoms with Crippen molar-refractivity contribution in [2.75, 3.05) is 34.2 Å². The molecule has 0 bridgehead atoms. The number of carbonyl (C=O) groups is 1. The Morgan fingerprint density at radius 2 is 1.70 bits per heavy atom. The molecule has 0 aliphatic carbocycles. The van der Waals surface area contributed by atoms with E-state index < -0.39 is 0 Å². The molecule has 3 rings (SSSR count). The van der Waals surface area contributed by atoms with Crippen molar-refractivity contribution in [1.82, 2.24) is 24.1 Å². The van der Waals surface area contributed by atoms with Gasteiger partial charge in [-0.25, -0.2) is 4.68 Å². The van der Waals surface area contributed by atoms with Crippen LogP contribution in [0.1, 0.15) is 16.1 Å². The minimum absolute atomic E-state index is 0.0875. The maximum absolute atomic E-state index is 13.0.